The predicted octanol–water partition coefficient (Wildman–Crippen LogP) is 7.39. The zero-order chi connectivity index (χ0) is 34.2. The second-order valence-electron chi connectivity index (χ2n) is 12.5. The first-order valence-electron chi connectivity index (χ1n) is 16.2. The normalized spacial score (nSPS) is 20.0. The maximum atomic E-state index is 13.7. The number of nitrogens with zero attached hydrogens (tertiary/aromatic N) is 1. The summed E-state index contributed by atoms with van der Waals surface area (Å²) in [6.07, 6.45) is 1.79. The molecule has 0 unspecified atom stereocenters. The average molecular weight is 697 g/mol. The number of ether oxygens (including phenoxy) is 2. The van der Waals surface area contributed by atoms with E-state index in [0.29, 0.717) is 36.4 Å². The summed E-state index contributed by atoms with van der Waals surface area (Å²) in [4.78, 5) is 66.2. The molecule has 0 radical (unpaired) electrons. The van der Waals surface area contributed by atoms with Gasteiger partial charge in [-0.1, -0.05) is 78.2 Å². The molecule has 4 aromatic rings. The maximum Gasteiger partial charge on any atom is 0.343 e. The van der Waals surface area contributed by atoms with Gasteiger partial charge in [-0.05, 0) is 77.6 Å². The summed E-state index contributed by atoms with van der Waals surface area (Å²) in [7, 11) is 0. The van der Waals surface area contributed by atoms with E-state index in [-0.39, 0.29) is 46.4 Å². The quantitative estimate of drug-likeness (QED) is 0.0529. The molecule has 1 saturated heterocycles. The second kappa shape index (κ2) is 13.6. The highest BCUT2D eigenvalue weighted by Gasteiger charge is 2.61. The van der Waals surface area contributed by atoms with Crippen LogP contribution in [0, 0.1) is 11.8 Å². The van der Waals surface area contributed by atoms with E-state index in [4.69, 9.17) is 32.7 Å². The molecular formula is C39H31Cl2NO7. The summed E-state index contributed by atoms with van der Waals surface area (Å²) in [5.74, 6) is -2.57. The van der Waals surface area contributed by atoms with Gasteiger partial charge < -0.3 is 9.47 Å². The number of halogens is 2. The molecule has 8 rings (SSSR count). The Hall–Kier alpha value is -4.79. The molecule has 49 heavy (non-hydrogen) atoms. The molecule has 0 N–H and O–H groups in total. The minimum absolute atomic E-state index is 0.107. The van der Waals surface area contributed by atoms with Gasteiger partial charge in [0.05, 0.1) is 27.4 Å². The first-order chi connectivity index (χ1) is 23.7. The summed E-state index contributed by atoms with van der Waals surface area (Å²) in [6.45, 7) is -0.114. The number of unbranched alkanes of at least 4 members (excludes halogenated alkanes) is 2. The fraction of sp³-hybridized carbons (Fsp3) is 0.256. The molecule has 0 spiro atoms. The molecule has 3 aliphatic carbocycles. The third kappa shape index (κ3) is 6.15. The monoisotopic (exact) mass is 695 g/mol. The Balaban J connectivity index is 0.858. The highest BCUT2D eigenvalue weighted by molar-refractivity contribution is 6.42. The molecule has 2 amide bonds. The van der Waals surface area contributed by atoms with E-state index in [1.165, 1.54) is 47.4 Å². The Morgan fingerprint density at radius 3 is 1.76 bits per heavy atom. The Kier molecular flexibility index (Phi) is 9.09. The molecular weight excluding hydrogens is 665 g/mol. The van der Waals surface area contributed by atoms with E-state index in [9.17, 15) is 24.0 Å². The lowest BCUT2D eigenvalue weighted by Gasteiger charge is -2.45. The van der Waals surface area contributed by atoms with E-state index >= 15 is 0 Å². The number of imide groups is 1. The molecule has 1 aliphatic heterocycles. The summed E-state index contributed by atoms with van der Waals surface area (Å²) in [6, 6.07) is 26.6. The molecule has 10 heteroatoms. The molecule has 4 aliphatic rings. The number of Topliss-reactive ketones (excluding diaryl/α,β-unsaturated/α-hetero) is 1. The molecule has 1 heterocycles. The molecule has 0 aromatic heterocycles. The van der Waals surface area contributed by atoms with Crippen molar-refractivity contribution in [3.63, 3.8) is 0 Å². The van der Waals surface area contributed by atoms with Crippen molar-refractivity contribution < 1.29 is 33.4 Å². The second-order valence-corrected chi connectivity index (χ2v) is 13.3. The minimum Gasteiger partial charge on any atom is -0.457 e. The summed E-state index contributed by atoms with van der Waals surface area (Å²) < 4.78 is 10.5. The Bertz CT molecular complexity index is 1880. The van der Waals surface area contributed by atoms with Gasteiger partial charge in [-0.15, -0.1) is 0 Å². The van der Waals surface area contributed by atoms with Crippen molar-refractivity contribution in [1.82, 2.24) is 4.90 Å². The smallest absolute Gasteiger partial charge is 0.343 e. The number of hydrogen-bond acceptors (Lipinski definition) is 7. The van der Waals surface area contributed by atoms with Crippen LogP contribution in [0.25, 0.3) is 0 Å². The minimum atomic E-state index is -0.632. The number of carbonyl (C=O) groups excluding carboxylic acids is 5. The SMILES string of the molecule is O=C(CCCCCN1C(=O)[C@@H]2C3c4ccccc4C(c4ccccc43)[C@H]2C1=O)OCC(=O)c1ccc(OC(=O)c2ccc(Cl)c(Cl)c2)cc1. The van der Waals surface area contributed by atoms with Crippen LogP contribution in [0.4, 0.5) is 0 Å². The fourth-order valence-electron chi connectivity index (χ4n) is 7.47. The molecule has 0 saturated carbocycles. The number of likely N-dealkylation sites (tertiary alicyclic amines) is 1. The van der Waals surface area contributed by atoms with E-state index in [1.54, 1.807) is 0 Å². The van der Waals surface area contributed by atoms with Crippen LogP contribution >= 0.6 is 23.2 Å². The van der Waals surface area contributed by atoms with Gasteiger partial charge in [0.15, 0.2) is 12.4 Å². The van der Waals surface area contributed by atoms with Crippen molar-refractivity contribution in [1.29, 1.82) is 0 Å². The third-order valence-electron chi connectivity index (χ3n) is 9.71. The van der Waals surface area contributed by atoms with Crippen molar-refractivity contribution in [2.75, 3.05) is 13.2 Å². The lowest BCUT2D eigenvalue weighted by molar-refractivity contribution is -0.143. The first-order valence-corrected chi connectivity index (χ1v) is 17.0. The molecule has 4 aromatic carbocycles. The van der Waals surface area contributed by atoms with E-state index in [0.717, 1.165) is 22.3 Å². The topological polar surface area (TPSA) is 107 Å². The summed E-state index contributed by atoms with van der Waals surface area (Å²) in [5.41, 5.74) is 5.10. The van der Waals surface area contributed by atoms with Gasteiger partial charge in [0.25, 0.3) is 0 Å². The van der Waals surface area contributed by atoms with Gasteiger partial charge in [0, 0.05) is 30.4 Å². The van der Waals surface area contributed by atoms with Gasteiger partial charge in [0.1, 0.15) is 5.75 Å². The third-order valence-corrected chi connectivity index (χ3v) is 10.4. The van der Waals surface area contributed by atoms with Crippen LogP contribution in [0.1, 0.15) is 80.5 Å². The van der Waals surface area contributed by atoms with Crippen LogP contribution in [0.15, 0.2) is 91.0 Å². The van der Waals surface area contributed by atoms with Crippen LogP contribution in [0.3, 0.4) is 0 Å². The van der Waals surface area contributed by atoms with Crippen molar-refractivity contribution in [3.8, 4) is 5.75 Å². The van der Waals surface area contributed by atoms with Crippen molar-refractivity contribution in [3.05, 3.63) is 134 Å². The summed E-state index contributed by atoms with van der Waals surface area (Å²) in [5, 5.41) is 0.543. The Morgan fingerprint density at radius 1 is 0.653 bits per heavy atom. The van der Waals surface area contributed by atoms with Crippen LogP contribution in [-0.4, -0.2) is 47.6 Å². The van der Waals surface area contributed by atoms with Crippen LogP contribution < -0.4 is 4.74 Å². The number of amides is 2. The van der Waals surface area contributed by atoms with E-state index in [2.05, 4.69) is 24.3 Å². The van der Waals surface area contributed by atoms with Gasteiger partial charge in [-0.3, -0.25) is 24.1 Å². The Morgan fingerprint density at radius 2 is 1.20 bits per heavy atom. The highest BCUT2D eigenvalue weighted by Crippen LogP contribution is 2.60. The first kappa shape index (κ1) is 32.7. The number of ketones is 1. The van der Waals surface area contributed by atoms with Crippen LogP contribution in [0.2, 0.25) is 10.0 Å². The number of benzene rings is 4. The molecule has 8 nitrogen and oxygen atoms in total. The summed E-state index contributed by atoms with van der Waals surface area (Å²) >= 11 is 11.8. The lowest BCUT2D eigenvalue weighted by Crippen LogP contribution is -2.41. The average Bonchev–Trinajstić information content (AvgIpc) is 3.37. The fourth-order valence-corrected chi connectivity index (χ4v) is 7.77. The maximum absolute atomic E-state index is 13.7. The predicted molar refractivity (Wildman–Crippen MR) is 182 cm³/mol. The standard InChI is InChI=1S/C39H31Cl2NO7/c40-29-18-15-23(20-30(29)41)39(47)49-24-16-13-22(14-17-24)31(43)21-48-32(44)12-2-1-7-19-42-37(45)35-33-25-8-3-4-9-26(25)34(36(35)38(42)46)28-11-6-5-10-27(28)33/h3-6,8-11,13-18,20,33-36H,1-2,7,12,19,21H2/t33?,34?,35-,36-/m1/s1. The number of esters is 2. The van der Waals surface area contributed by atoms with Gasteiger partial charge in [0.2, 0.25) is 11.8 Å². The largest absolute Gasteiger partial charge is 0.457 e. The van der Waals surface area contributed by atoms with Crippen LogP contribution in [0.5, 0.6) is 5.75 Å². The molecule has 2 atom stereocenters. The number of rotatable bonds is 11. The highest BCUT2D eigenvalue weighted by atomic mass is 35.5. The molecule has 1 fully saturated rings. The Labute approximate surface area is 292 Å². The lowest BCUT2D eigenvalue weighted by atomic mass is 9.55. The van der Waals surface area contributed by atoms with E-state index in [1.807, 2.05) is 24.3 Å². The number of hydrogen-bond donors (Lipinski definition) is 0. The number of carbonyl (C=O) groups is 5. The van der Waals surface area contributed by atoms with Crippen molar-refractivity contribution >= 4 is 52.7 Å². The zero-order valence-electron chi connectivity index (χ0n) is 26.3. The zero-order valence-corrected chi connectivity index (χ0v) is 27.8. The van der Waals surface area contributed by atoms with Crippen molar-refractivity contribution in [2.24, 2.45) is 11.8 Å². The molecule has 248 valence electrons. The molecule has 2 bridgehead atoms. The van der Waals surface area contributed by atoms with Crippen LogP contribution in [-0.2, 0) is 19.1 Å². The van der Waals surface area contributed by atoms with Gasteiger partial charge in [-0.25, -0.2) is 4.79 Å². The van der Waals surface area contributed by atoms with Gasteiger partial charge in [-0.2, -0.15) is 0 Å². The van der Waals surface area contributed by atoms with E-state index < -0.39 is 36.2 Å². The van der Waals surface area contributed by atoms with Gasteiger partial charge >= 0.3 is 11.9 Å². The van der Waals surface area contributed by atoms with Crippen molar-refractivity contribution in [2.45, 2.75) is 37.5 Å².